The van der Waals surface area contributed by atoms with Crippen LogP contribution in [0.1, 0.15) is 65.3 Å². The first-order chi connectivity index (χ1) is 12.7. The van der Waals surface area contributed by atoms with E-state index in [0.29, 0.717) is 30.5 Å². The van der Waals surface area contributed by atoms with Gasteiger partial charge in [-0.25, -0.2) is 0 Å². The van der Waals surface area contributed by atoms with Crippen LogP contribution in [0, 0.1) is 6.92 Å². The standard InChI is InChI=1S/C18H20N6O2/c1-11-10-15(22-26-11)18(25)23-8-6-13(7-9-23)17-20-19-16-5-4-14(12-2-3-12)21-24(16)17/h4-5,10,12-13H,2-3,6-9H2,1H3. The van der Waals surface area contributed by atoms with E-state index in [1.54, 1.807) is 13.0 Å². The van der Waals surface area contributed by atoms with Crippen LogP contribution in [0.4, 0.5) is 0 Å². The highest BCUT2D eigenvalue weighted by molar-refractivity contribution is 5.92. The lowest BCUT2D eigenvalue weighted by atomic mass is 9.96. The SMILES string of the molecule is Cc1cc(C(=O)N2CCC(c3nnc4ccc(C5CC5)nn34)CC2)no1. The Balaban J connectivity index is 1.33. The van der Waals surface area contributed by atoms with Gasteiger partial charge in [0.25, 0.3) is 5.91 Å². The number of carbonyl (C=O) groups is 1. The molecule has 26 heavy (non-hydrogen) atoms. The summed E-state index contributed by atoms with van der Waals surface area (Å²) in [5, 5.41) is 17.3. The van der Waals surface area contributed by atoms with E-state index in [4.69, 9.17) is 9.62 Å². The molecule has 0 radical (unpaired) electrons. The number of rotatable bonds is 3. The summed E-state index contributed by atoms with van der Waals surface area (Å²) in [4.78, 5) is 14.3. The fourth-order valence-corrected chi connectivity index (χ4v) is 3.64. The highest BCUT2D eigenvalue weighted by atomic mass is 16.5. The van der Waals surface area contributed by atoms with Crippen LogP contribution < -0.4 is 0 Å². The van der Waals surface area contributed by atoms with Gasteiger partial charge in [-0.2, -0.15) is 9.61 Å². The van der Waals surface area contributed by atoms with E-state index in [1.807, 2.05) is 15.5 Å². The molecule has 0 unspecified atom stereocenters. The second kappa shape index (κ2) is 5.89. The lowest BCUT2D eigenvalue weighted by Crippen LogP contribution is -2.38. The van der Waals surface area contributed by atoms with Crippen molar-refractivity contribution in [2.45, 2.75) is 44.4 Å². The molecule has 2 fully saturated rings. The summed E-state index contributed by atoms with van der Waals surface area (Å²) in [6, 6.07) is 5.75. The number of aromatic nitrogens is 5. The molecule has 1 saturated heterocycles. The minimum atomic E-state index is -0.0689. The van der Waals surface area contributed by atoms with Gasteiger partial charge in [0.15, 0.2) is 17.2 Å². The van der Waals surface area contributed by atoms with E-state index in [9.17, 15) is 4.79 Å². The number of nitrogens with zero attached hydrogens (tertiary/aromatic N) is 6. The van der Waals surface area contributed by atoms with Crippen LogP contribution in [0.2, 0.25) is 0 Å². The van der Waals surface area contributed by atoms with E-state index in [0.717, 1.165) is 30.0 Å². The van der Waals surface area contributed by atoms with Gasteiger partial charge in [-0.1, -0.05) is 5.16 Å². The molecule has 8 nitrogen and oxygen atoms in total. The predicted molar refractivity (Wildman–Crippen MR) is 91.9 cm³/mol. The third-order valence-electron chi connectivity index (χ3n) is 5.30. The summed E-state index contributed by atoms with van der Waals surface area (Å²) in [5.74, 6) is 2.35. The van der Waals surface area contributed by atoms with Crippen molar-refractivity contribution < 1.29 is 9.32 Å². The Labute approximate surface area is 150 Å². The summed E-state index contributed by atoms with van der Waals surface area (Å²) in [6.07, 6.45) is 4.13. The van der Waals surface area contributed by atoms with Crippen molar-refractivity contribution >= 4 is 11.6 Å². The molecule has 1 saturated carbocycles. The van der Waals surface area contributed by atoms with E-state index < -0.39 is 0 Å². The van der Waals surface area contributed by atoms with E-state index >= 15 is 0 Å². The predicted octanol–water partition coefficient (Wildman–Crippen LogP) is 2.32. The van der Waals surface area contributed by atoms with Gasteiger partial charge in [-0.3, -0.25) is 4.79 Å². The number of likely N-dealkylation sites (tertiary alicyclic amines) is 1. The third kappa shape index (κ3) is 2.65. The molecule has 0 spiro atoms. The zero-order valence-corrected chi connectivity index (χ0v) is 14.6. The molecule has 4 heterocycles. The van der Waals surface area contributed by atoms with Crippen LogP contribution in [0.25, 0.3) is 5.65 Å². The average Bonchev–Trinajstić information content (AvgIpc) is 3.30. The largest absolute Gasteiger partial charge is 0.361 e. The van der Waals surface area contributed by atoms with Crippen molar-refractivity contribution in [1.82, 2.24) is 29.9 Å². The summed E-state index contributed by atoms with van der Waals surface area (Å²) in [5.41, 5.74) is 2.30. The van der Waals surface area contributed by atoms with Crippen LogP contribution in [-0.2, 0) is 0 Å². The minimum Gasteiger partial charge on any atom is -0.361 e. The fraction of sp³-hybridized carbons (Fsp3) is 0.500. The number of carbonyl (C=O) groups excluding carboxylic acids is 1. The molecular weight excluding hydrogens is 332 g/mol. The number of piperidine rings is 1. The first-order valence-corrected chi connectivity index (χ1v) is 9.14. The molecule has 3 aromatic rings. The molecule has 8 heteroatoms. The Kier molecular flexibility index (Phi) is 3.51. The normalized spacial score (nSPS) is 18.6. The van der Waals surface area contributed by atoms with E-state index in [1.165, 1.54) is 12.8 Å². The minimum absolute atomic E-state index is 0.0689. The highest BCUT2D eigenvalue weighted by Gasteiger charge is 2.30. The summed E-state index contributed by atoms with van der Waals surface area (Å²) in [6.45, 7) is 3.13. The Morgan fingerprint density at radius 2 is 1.92 bits per heavy atom. The second-order valence-corrected chi connectivity index (χ2v) is 7.25. The third-order valence-corrected chi connectivity index (χ3v) is 5.30. The molecule has 0 N–H and O–H groups in total. The first kappa shape index (κ1) is 15.5. The van der Waals surface area contributed by atoms with Crippen molar-refractivity contribution in [2.75, 3.05) is 13.1 Å². The van der Waals surface area contributed by atoms with Crippen molar-refractivity contribution in [2.24, 2.45) is 0 Å². The van der Waals surface area contributed by atoms with Gasteiger partial charge in [-0.15, -0.1) is 10.2 Å². The van der Waals surface area contributed by atoms with Crippen LogP contribution in [0.5, 0.6) is 0 Å². The smallest absolute Gasteiger partial charge is 0.276 e. The molecule has 2 aliphatic rings. The summed E-state index contributed by atoms with van der Waals surface area (Å²) >= 11 is 0. The molecule has 1 aliphatic carbocycles. The van der Waals surface area contributed by atoms with Crippen molar-refractivity contribution in [3.63, 3.8) is 0 Å². The quantitative estimate of drug-likeness (QED) is 0.719. The lowest BCUT2D eigenvalue weighted by molar-refractivity contribution is 0.0700. The van der Waals surface area contributed by atoms with Gasteiger partial charge >= 0.3 is 0 Å². The zero-order chi connectivity index (χ0) is 17.7. The molecule has 1 aliphatic heterocycles. The maximum absolute atomic E-state index is 12.5. The van der Waals surface area contributed by atoms with Gasteiger partial charge in [0.2, 0.25) is 0 Å². The van der Waals surface area contributed by atoms with Gasteiger partial charge in [0.1, 0.15) is 5.76 Å². The maximum atomic E-state index is 12.5. The molecule has 0 atom stereocenters. The molecule has 5 rings (SSSR count). The monoisotopic (exact) mass is 352 g/mol. The number of aryl methyl sites for hydroxylation is 1. The Morgan fingerprint density at radius 3 is 2.62 bits per heavy atom. The molecule has 0 bridgehead atoms. The van der Waals surface area contributed by atoms with E-state index in [2.05, 4.69) is 21.4 Å². The van der Waals surface area contributed by atoms with Crippen LogP contribution >= 0.6 is 0 Å². The highest BCUT2D eigenvalue weighted by Crippen LogP contribution is 2.39. The van der Waals surface area contributed by atoms with Crippen LogP contribution in [0.15, 0.2) is 22.7 Å². The number of hydrogen-bond acceptors (Lipinski definition) is 6. The molecule has 134 valence electrons. The van der Waals surface area contributed by atoms with Gasteiger partial charge in [0.05, 0.1) is 5.69 Å². The maximum Gasteiger partial charge on any atom is 0.276 e. The van der Waals surface area contributed by atoms with Crippen molar-refractivity contribution in [3.05, 3.63) is 41.2 Å². The van der Waals surface area contributed by atoms with Gasteiger partial charge in [-0.05, 0) is 44.7 Å². The Bertz CT molecular complexity index is 965. The van der Waals surface area contributed by atoms with Gasteiger partial charge in [0, 0.05) is 31.0 Å². The molecule has 3 aromatic heterocycles. The first-order valence-electron chi connectivity index (χ1n) is 9.14. The fourth-order valence-electron chi connectivity index (χ4n) is 3.64. The van der Waals surface area contributed by atoms with Crippen LogP contribution in [0.3, 0.4) is 0 Å². The Hall–Kier alpha value is -2.77. The van der Waals surface area contributed by atoms with Crippen molar-refractivity contribution in [1.29, 1.82) is 0 Å². The number of hydrogen-bond donors (Lipinski definition) is 0. The van der Waals surface area contributed by atoms with Crippen molar-refractivity contribution in [3.8, 4) is 0 Å². The van der Waals surface area contributed by atoms with Gasteiger partial charge < -0.3 is 9.42 Å². The number of amides is 1. The summed E-state index contributed by atoms with van der Waals surface area (Å²) in [7, 11) is 0. The average molecular weight is 352 g/mol. The zero-order valence-electron chi connectivity index (χ0n) is 14.6. The molecule has 0 aromatic carbocycles. The van der Waals surface area contributed by atoms with Crippen LogP contribution in [-0.4, -0.2) is 48.9 Å². The lowest BCUT2D eigenvalue weighted by Gasteiger charge is -2.30. The second-order valence-electron chi connectivity index (χ2n) is 7.25. The Morgan fingerprint density at radius 1 is 1.12 bits per heavy atom. The molecule has 1 amide bonds. The number of fused-ring (bicyclic) bond motifs is 1. The van der Waals surface area contributed by atoms with E-state index in [-0.39, 0.29) is 11.8 Å². The summed E-state index contributed by atoms with van der Waals surface area (Å²) < 4.78 is 6.91. The topological polar surface area (TPSA) is 89.4 Å². The molecular formula is C18H20N6O2.